The lowest BCUT2D eigenvalue weighted by Crippen LogP contribution is -2.42. The van der Waals surface area contributed by atoms with E-state index < -0.39 is 0 Å². The number of nitrogens with zero attached hydrogens (tertiary/aromatic N) is 4. The summed E-state index contributed by atoms with van der Waals surface area (Å²) in [5.74, 6) is 1.57. The van der Waals surface area contributed by atoms with Gasteiger partial charge in [-0.3, -0.25) is 9.59 Å². The van der Waals surface area contributed by atoms with Crippen LogP contribution in [-0.2, 0) is 16.1 Å². The summed E-state index contributed by atoms with van der Waals surface area (Å²) < 4.78 is 2.16. The Morgan fingerprint density at radius 3 is 2.43 bits per heavy atom. The van der Waals surface area contributed by atoms with Crippen LogP contribution in [-0.4, -0.2) is 50.3 Å². The Labute approximate surface area is 168 Å². The van der Waals surface area contributed by atoms with Crippen LogP contribution < -0.4 is 5.73 Å². The summed E-state index contributed by atoms with van der Waals surface area (Å²) in [6, 6.07) is 10.3. The van der Waals surface area contributed by atoms with Gasteiger partial charge >= 0.3 is 0 Å². The highest BCUT2D eigenvalue weighted by molar-refractivity contribution is 7.99. The van der Waals surface area contributed by atoms with Gasteiger partial charge in [0.05, 0.1) is 12.3 Å². The molecule has 1 saturated carbocycles. The third-order valence-electron chi connectivity index (χ3n) is 5.45. The number of aromatic nitrogens is 3. The molecule has 2 amide bonds. The molecule has 1 saturated heterocycles. The molecule has 2 heterocycles. The van der Waals surface area contributed by atoms with Gasteiger partial charge in [-0.05, 0) is 31.2 Å². The molecule has 4 rings (SSSR count). The van der Waals surface area contributed by atoms with Crippen molar-refractivity contribution in [2.24, 2.45) is 11.7 Å². The zero-order chi connectivity index (χ0) is 19.5. The number of hydrogen-bond donors (Lipinski definition) is 1. The normalized spacial score (nSPS) is 17.6. The van der Waals surface area contributed by atoms with E-state index in [0.717, 1.165) is 30.4 Å². The van der Waals surface area contributed by atoms with Crippen LogP contribution in [0, 0.1) is 5.92 Å². The summed E-state index contributed by atoms with van der Waals surface area (Å²) in [7, 11) is 0. The van der Waals surface area contributed by atoms with Crippen LogP contribution >= 0.6 is 11.8 Å². The van der Waals surface area contributed by atoms with Gasteiger partial charge < -0.3 is 15.2 Å². The maximum Gasteiger partial charge on any atom is 0.233 e. The lowest BCUT2D eigenvalue weighted by Gasteiger charge is -2.30. The van der Waals surface area contributed by atoms with Crippen LogP contribution in [0.3, 0.4) is 0 Å². The summed E-state index contributed by atoms with van der Waals surface area (Å²) in [6.45, 7) is 1.91. The standard InChI is InChI=1S/C20H25N5O2S/c21-18(27)15-8-10-24(11-9-15)17(26)13-28-20-23-22-19(16-6-7-16)25(20)12-14-4-2-1-3-5-14/h1-5,15-16H,6-13H2,(H2,21,27). The number of amides is 2. The molecule has 1 aliphatic carbocycles. The van der Waals surface area contributed by atoms with Crippen molar-refractivity contribution >= 4 is 23.6 Å². The molecule has 0 bridgehead atoms. The van der Waals surface area contributed by atoms with E-state index in [1.54, 1.807) is 0 Å². The third kappa shape index (κ3) is 4.38. The quantitative estimate of drug-likeness (QED) is 0.719. The van der Waals surface area contributed by atoms with Gasteiger partial charge in [-0.1, -0.05) is 42.1 Å². The summed E-state index contributed by atoms with van der Waals surface area (Å²) >= 11 is 1.45. The molecule has 0 radical (unpaired) electrons. The predicted octanol–water partition coefficient (Wildman–Crippen LogP) is 2.02. The van der Waals surface area contributed by atoms with E-state index >= 15 is 0 Å². The van der Waals surface area contributed by atoms with Gasteiger partial charge in [0.1, 0.15) is 5.82 Å². The minimum atomic E-state index is -0.261. The summed E-state index contributed by atoms with van der Waals surface area (Å²) in [5.41, 5.74) is 6.57. The van der Waals surface area contributed by atoms with E-state index in [9.17, 15) is 9.59 Å². The van der Waals surface area contributed by atoms with E-state index in [4.69, 9.17) is 5.73 Å². The van der Waals surface area contributed by atoms with Gasteiger partial charge in [-0.25, -0.2) is 0 Å². The fourth-order valence-corrected chi connectivity index (χ4v) is 4.44. The second-order valence-corrected chi connectivity index (χ2v) is 8.48. The third-order valence-corrected chi connectivity index (χ3v) is 6.40. The molecule has 28 heavy (non-hydrogen) atoms. The first-order chi connectivity index (χ1) is 13.6. The first kappa shape index (κ1) is 19.0. The zero-order valence-electron chi connectivity index (χ0n) is 15.8. The monoisotopic (exact) mass is 399 g/mol. The van der Waals surface area contributed by atoms with Gasteiger partial charge in [-0.15, -0.1) is 10.2 Å². The van der Waals surface area contributed by atoms with Gasteiger partial charge in [0.2, 0.25) is 11.8 Å². The SMILES string of the molecule is NC(=O)C1CCN(C(=O)CSc2nnc(C3CC3)n2Cc2ccccc2)CC1. The first-order valence-corrected chi connectivity index (χ1v) is 10.8. The lowest BCUT2D eigenvalue weighted by molar-refractivity contribution is -0.132. The van der Waals surface area contributed by atoms with Crippen molar-refractivity contribution in [1.29, 1.82) is 0 Å². The Hall–Kier alpha value is -2.35. The minimum absolute atomic E-state index is 0.0788. The van der Waals surface area contributed by atoms with Crippen LogP contribution in [0.25, 0.3) is 0 Å². The number of nitrogens with two attached hydrogens (primary N) is 1. The van der Waals surface area contributed by atoms with Crippen LogP contribution in [0.5, 0.6) is 0 Å². The molecule has 2 N–H and O–H groups in total. The fraction of sp³-hybridized carbons (Fsp3) is 0.500. The second kappa shape index (κ2) is 8.34. The van der Waals surface area contributed by atoms with Crippen molar-refractivity contribution in [1.82, 2.24) is 19.7 Å². The highest BCUT2D eigenvalue weighted by Gasteiger charge is 2.31. The predicted molar refractivity (Wildman–Crippen MR) is 107 cm³/mol. The number of rotatable bonds is 7. The van der Waals surface area contributed by atoms with Gasteiger partial charge in [0.25, 0.3) is 0 Å². The molecule has 2 aromatic rings. The Kier molecular flexibility index (Phi) is 5.66. The Morgan fingerprint density at radius 2 is 1.79 bits per heavy atom. The maximum atomic E-state index is 12.6. The Balaban J connectivity index is 1.39. The molecule has 1 aromatic carbocycles. The highest BCUT2D eigenvalue weighted by atomic mass is 32.2. The molecule has 0 atom stereocenters. The van der Waals surface area contributed by atoms with Crippen molar-refractivity contribution in [2.45, 2.75) is 43.3 Å². The Bertz CT molecular complexity index is 842. The lowest BCUT2D eigenvalue weighted by atomic mass is 9.96. The molecule has 148 valence electrons. The number of thioether (sulfide) groups is 1. The van der Waals surface area contributed by atoms with Gasteiger partial charge in [0, 0.05) is 24.9 Å². The summed E-state index contributed by atoms with van der Waals surface area (Å²) in [6.07, 6.45) is 3.63. The van der Waals surface area contributed by atoms with Crippen molar-refractivity contribution in [2.75, 3.05) is 18.8 Å². The molecular weight excluding hydrogens is 374 g/mol. The average molecular weight is 400 g/mol. The summed E-state index contributed by atoms with van der Waals surface area (Å²) in [5, 5.41) is 9.58. The fourth-order valence-electron chi connectivity index (χ4n) is 3.60. The van der Waals surface area contributed by atoms with Gasteiger partial charge in [-0.2, -0.15) is 0 Å². The smallest absolute Gasteiger partial charge is 0.233 e. The molecule has 0 spiro atoms. The number of piperidine rings is 1. The van der Waals surface area contributed by atoms with Crippen LogP contribution in [0.1, 0.15) is 43.0 Å². The van der Waals surface area contributed by atoms with Crippen molar-refractivity contribution in [3.63, 3.8) is 0 Å². The van der Waals surface area contributed by atoms with Crippen molar-refractivity contribution in [3.8, 4) is 0 Å². The molecule has 8 heteroatoms. The number of likely N-dealkylation sites (tertiary alicyclic amines) is 1. The number of hydrogen-bond acceptors (Lipinski definition) is 5. The van der Waals surface area contributed by atoms with Crippen LogP contribution in [0.2, 0.25) is 0 Å². The molecule has 2 fully saturated rings. The van der Waals surface area contributed by atoms with E-state index in [-0.39, 0.29) is 17.7 Å². The number of carbonyl (C=O) groups is 2. The first-order valence-electron chi connectivity index (χ1n) is 9.78. The molecule has 1 aromatic heterocycles. The number of carbonyl (C=O) groups excluding carboxylic acids is 2. The molecular formula is C20H25N5O2S. The van der Waals surface area contributed by atoms with Gasteiger partial charge in [0.15, 0.2) is 5.16 Å². The van der Waals surface area contributed by atoms with E-state index in [1.807, 2.05) is 23.1 Å². The Morgan fingerprint density at radius 1 is 1.07 bits per heavy atom. The van der Waals surface area contributed by atoms with E-state index in [2.05, 4.69) is 26.9 Å². The molecule has 0 unspecified atom stereocenters. The van der Waals surface area contributed by atoms with E-state index in [0.29, 0.717) is 37.6 Å². The molecule has 7 nitrogen and oxygen atoms in total. The van der Waals surface area contributed by atoms with Crippen molar-refractivity contribution < 1.29 is 9.59 Å². The highest BCUT2D eigenvalue weighted by Crippen LogP contribution is 2.40. The maximum absolute atomic E-state index is 12.6. The van der Waals surface area contributed by atoms with Crippen LogP contribution in [0.15, 0.2) is 35.5 Å². The minimum Gasteiger partial charge on any atom is -0.369 e. The summed E-state index contributed by atoms with van der Waals surface area (Å²) in [4.78, 5) is 25.7. The number of benzene rings is 1. The topological polar surface area (TPSA) is 94.1 Å². The molecule has 2 aliphatic rings. The van der Waals surface area contributed by atoms with Crippen LogP contribution in [0.4, 0.5) is 0 Å². The van der Waals surface area contributed by atoms with Crippen molar-refractivity contribution in [3.05, 3.63) is 41.7 Å². The second-order valence-electron chi connectivity index (χ2n) is 7.53. The average Bonchev–Trinajstić information content (AvgIpc) is 3.49. The van der Waals surface area contributed by atoms with E-state index in [1.165, 1.54) is 17.3 Å². The zero-order valence-corrected chi connectivity index (χ0v) is 16.6. The molecule has 1 aliphatic heterocycles. The largest absolute Gasteiger partial charge is 0.369 e. The number of primary amides is 1.